The maximum absolute atomic E-state index is 13.1. The Morgan fingerprint density at radius 2 is 1.86 bits per heavy atom. The number of amides is 2. The highest BCUT2D eigenvalue weighted by molar-refractivity contribution is 6.06. The molecule has 2 amide bonds. The molecule has 0 radical (unpaired) electrons. The van der Waals surface area contributed by atoms with Crippen LogP contribution in [0.5, 0.6) is 0 Å². The van der Waals surface area contributed by atoms with E-state index in [1.165, 1.54) is 6.26 Å². The van der Waals surface area contributed by atoms with Crippen molar-refractivity contribution in [2.24, 2.45) is 0 Å². The summed E-state index contributed by atoms with van der Waals surface area (Å²) in [6.45, 7) is 7.91. The third kappa shape index (κ3) is 5.76. The molecule has 1 aliphatic heterocycles. The molecular formula is C28H34N6O3. The smallest absolute Gasteiger partial charge is 0.277 e. The number of oxazole rings is 1. The molecule has 37 heavy (non-hydrogen) atoms. The number of piperazine rings is 1. The van der Waals surface area contributed by atoms with Crippen LogP contribution in [-0.2, 0) is 0 Å². The van der Waals surface area contributed by atoms with E-state index in [2.05, 4.69) is 50.3 Å². The van der Waals surface area contributed by atoms with Crippen molar-refractivity contribution in [1.82, 2.24) is 15.3 Å². The number of aromatic nitrogens is 2. The van der Waals surface area contributed by atoms with Gasteiger partial charge in [-0.3, -0.25) is 9.59 Å². The SMILES string of the molecule is CCCCNC(=O)c1ccc(N2CCN(c3ncccc3C)CC2)c(NC(=O)c2coc(C3CC3)n2)c1. The molecule has 2 N–H and O–H groups in total. The first kappa shape index (κ1) is 24.8. The lowest BCUT2D eigenvalue weighted by atomic mass is 10.1. The zero-order chi connectivity index (χ0) is 25.8. The number of aryl methyl sites for hydroxylation is 1. The van der Waals surface area contributed by atoms with Gasteiger partial charge in [-0.1, -0.05) is 19.4 Å². The molecule has 0 unspecified atom stereocenters. The molecule has 0 bridgehead atoms. The van der Waals surface area contributed by atoms with Gasteiger partial charge < -0.3 is 24.9 Å². The fraction of sp³-hybridized carbons (Fsp3) is 0.429. The second-order valence-corrected chi connectivity index (χ2v) is 9.76. The van der Waals surface area contributed by atoms with E-state index in [1.807, 2.05) is 24.4 Å². The van der Waals surface area contributed by atoms with Crippen molar-refractivity contribution in [2.45, 2.75) is 45.4 Å². The Morgan fingerprint density at radius 1 is 1.08 bits per heavy atom. The van der Waals surface area contributed by atoms with E-state index in [-0.39, 0.29) is 17.5 Å². The molecule has 1 aromatic carbocycles. The van der Waals surface area contributed by atoms with Crippen molar-refractivity contribution in [3.8, 4) is 0 Å². The van der Waals surface area contributed by atoms with Crippen molar-refractivity contribution in [2.75, 3.05) is 47.8 Å². The number of hydrogen-bond donors (Lipinski definition) is 2. The number of carbonyl (C=O) groups excluding carboxylic acids is 2. The van der Waals surface area contributed by atoms with Crippen molar-refractivity contribution >= 4 is 29.0 Å². The Bertz CT molecular complexity index is 1260. The summed E-state index contributed by atoms with van der Waals surface area (Å²) in [5.41, 5.74) is 3.38. The van der Waals surface area contributed by atoms with Crippen LogP contribution >= 0.6 is 0 Å². The minimum absolute atomic E-state index is 0.150. The third-order valence-corrected chi connectivity index (χ3v) is 6.91. The molecule has 5 rings (SSSR count). The predicted molar refractivity (Wildman–Crippen MR) is 144 cm³/mol. The molecule has 3 heterocycles. The number of anilines is 3. The van der Waals surface area contributed by atoms with Crippen LogP contribution in [0.1, 0.15) is 70.8 Å². The maximum atomic E-state index is 13.1. The summed E-state index contributed by atoms with van der Waals surface area (Å²) >= 11 is 0. The van der Waals surface area contributed by atoms with Gasteiger partial charge in [-0.15, -0.1) is 0 Å². The van der Waals surface area contributed by atoms with Gasteiger partial charge in [0.1, 0.15) is 12.1 Å². The number of pyridine rings is 1. The topological polar surface area (TPSA) is 104 Å². The van der Waals surface area contributed by atoms with E-state index in [4.69, 9.17) is 4.42 Å². The first-order valence-corrected chi connectivity index (χ1v) is 13.1. The Morgan fingerprint density at radius 3 is 2.59 bits per heavy atom. The van der Waals surface area contributed by atoms with Crippen molar-refractivity contribution in [1.29, 1.82) is 0 Å². The van der Waals surface area contributed by atoms with Gasteiger partial charge >= 0.3 is 0 Å². The molecular weight excluding hydrogens is 468 g/mol. The molecule has 0 spiro atoms. The average molecular weight is 503 g/mol. The van der Waals surface area contributed by atoms with Crippen molar-refractivity contribution in [3.63, 3.8) is 0 Å². The number of rotatable bonds is 9. The Balaban J connectivity index is 1.35. The van der Waals surface area contributed by atoms with Gasteiger partial charge in [-0.05, 0) is 56.0 Å². The number of carbonyl (C=O) groups is 2. The molecule has 3 aromatic rings. The number of benzene rings is 1. The molecule has 9 heteroatoms. The van der Waals surface area contributed by atoms with Crippen LogP contribution in [0.25, 0.3) is 0 Å². The van der Waals surface area contributed by atoms with E-state index in [0.29, 0.717) is 29.6 Å². The van der Waals surface area contributed by atoms with Gasteiger partial charge in [-0.25, -0.2) is 9.97 Å². The Kier molecular flexibility index (Phi) is 7.39. The summed E-state index contributed by atoms with van der Waals surface area (Å²) in [6, 6.07) is 9.52. The number of nitrogens with one attached hydrogen (secondary N) is 2. The Hall–Kier alpha value is -3.88. The maximum Gasteiger partial charge on any atom is 0.277 e. The largest absolute Gasteiger partial charge is 0.448 e. The van der Waals surface area contributed by atoms with Crippen LogP contribution in [0.3, 0.4) is 0 Å². The summed E-state index contributed by atoms with van der Waals surface area (Å²) in [6.07, 6.45) is 7.26. The van der Waals surface area contributed by atoms with Crippen LogP contribution in [0, 0.1) is 6.92 Å². The molecule has 1 aliphatic carbocycles. The van der Waals surface area contributed by atoms with E-state index in [1.54, 1.807) is 6.07 Å². The van der Waals surface area contributed by atoms with Crippen LogP contribution in [0.4, 0.5) is 17.2 Å². The van der Waals surface area contributed by atoms with Crippen molar-refractivity contribution in [3.05, 3.63) is 65.5 Å². The summed E-state index contributed by atoms with van der Waals surface area (Å²) in [4.78, 5) is 39.3. The highest BCUT2D eigenvalue weighted by atomic mass is 16.3. The molecule has 2 fully saturated rings. The van der Waals surface area contributed by atoms with E-state index in [0.717, 1.165) is 68.9 Å². The summed E-state index contributed by atoms with van der Waals surface area (Å²) in [5.74, 6) is 1.46. The lowest BCUT2D eigenvalue weighted by Gasteiger charge is -2.38. The lowest BCUT2D eigenvalue weighted by Crippen LogP contribution is -2.47. The van der Waals surface area contributed by atoms with Crippen LogP contribution in [0.2, 0.25) is 0 Å². The van der Waals surface area contributed by atoms with Crippen molar-refractivity contribution < 1.29 is 14.0 Å². The summed E-state index contributed by atoms with van der Waals surface area (Å²) in [7, 11) is 0. The molecule has 1 saturated carbocycles. The van der Waals surface area contributed by atoms with Gasteiger partial charge in [-0.2, -0.15) is 0 Å². The Labute approximate surface area is 217 Å². The highest BCUT2D eigenvalue weighted by Crippen LogP contribution is 2.39. The second-order valence-electron chi connectivity index (χ2n) is 9.76. The predicted octanol–water partition coefficient (Wildman–Crippen LogP) is 4.36. The summed E-state index contributed by atoms with van der Waals surface area (Å²) < 4.78 is 5.52. The number of hydrogen-bond acceptors (Lipinski definition) is 7. The van der Waals surface area contributed by atoms with Crippen LogP contribution < -0.4 is 20.4 Å². The molecule has 194 valence electrons. The monoisotopic (exact) mass is 502 g/mol. The fourth-order valence-electron chi connectivity index (χ4n) is 4.60. The van der Waals surface area contributed by atoms with E-state index in [9.17, 15) is 9.59 Å². The van der Waals surface area contributed by atoms with Gasteiger partial charge in [0.05, 0.1) is 11.4 Å². The number of unbranched alkanes of at least 4 members (excludes halogenated alkanes) is 1. The second kappa shape index (κ2) is 11.0. The quantitative estimate of drug-likeness (QED) is 0.419. The average Bonchev–Trinajstić information content (AvgIpc) is 3.65. The van der Waals surface area contributed by atoms with Gasteiger partial charge in [0, 0.05) is 50.4 Å². The first-order valence-electron chi connectivity index (χ1n) is 13.1. The fourth-order valence-corrected chi connectivity index (χ4v) is 4.60. The third-order valence-electron chi connectivity index (χ3n) is 6.91. The van der Waals surface area contributed by atoms with Gasteiger partial charge in [0.2, 0.25) is 0 Å². The first-order chi connectivity index (χ1) is 18.0. The zero-order valence-electron chi connectivity index (χ0n) is 21.5. The lowest BCUT2D eigenvalue weighted by molar-refractivity contribution is 0.0951. The summed E-state index contributed by atoms with van der Waals surface area (Å²) in [5, 5.41) is 5.96. The van der Waals surface area contributed by atoms with Gasteiger partial charge in [0.15, 0.2) is 11.6 Å². The van der Waals surface area contributed by atoms with Gasteiger partial charge in [0.25, 0.3) is 11.8 Å². The normalized spacial score (nSPS) is 15.5. The zero-order valence-corrected chi connectivity index (χ0v) is 21.5. The molecule has 2 aliphatic rings. The minimum atomic E-state index is -0.344. The number of nitrogens with zero attached hydrogens (tertiary/aromatic N) is 4. The van der Waals surface area contributed by atoms with E-state index < -0.39 is 0 Å². The van der Waals surface area contributed by atoms with E-state index >= 15 is 0 Å². The molecule has 9 nitrogen and oxygen atoms in total. The molecule has 1 saturated heterocycles. The van der Waals surface area contributed by atoms with Crippen LogP contribution in [0.15, 0.2) is 47.2 Å². The molecule has 0 atom stereocenters. The standard InChI is InChI=1S/C28H34N6O3/c1-3-4-11-30-26(35)21-9-10-24(33-13-15-34(16-14-33)25-19(2)6-5-12-29-25)22(17-21)31-27(36)23-18-37-28(32-23)20-7-8-20/h5-6,9-10,12,17-18,20H,3-4,7-8,11,13-16H2,1-2H3,(H,30,35)(H,31,36). The van der Waals surface area contributed by atoms with Crippen LogP contribution in [-0.4, -0.2) is 54.5 Å². The highest BCUT2D eigenvalue weighted by Gasteiger charge is 2.30. The minimum Gasteiger partial charge on any atom is -0.448 e. The molecule has 2 aromatic heterocycles.